The number of benzene rings is 1. The second kappa shape index (κ2) is 5.57. The van der Waals surface area contributed by atoms with Gasteiger partial charge in [0.05, 0.1) is 0 Å². The number of nitrogens with two attached hydrogens (primary N) is 1. The SMILES string of the molecule is Cc1cc(NN)nc(-c2ccc(OC(F)F)cc2)n1. The average molecular weight is 266 g/mol. The van der Waals surface area contributed by atoms with E-state index in [0.717, 1.165) is 5.69 Å². The summed E-state index contributed by atoms with van der Waals surface area (Å²) in [5.41, 5.74) is 3.86. The van der Waals surface area contributed by atoms with E-state index in [0.29, 0.717) is 17.2 Å². The largest absolute Gasteiger partial charge is 0.435 e. The first-order valence-electron chi connectivity index (χ1n) is 5.46. The molecule has 0 atom stereocenters. The van der Waals surface area contributed by atoms with Gasteiger partial charge in [-0.3, -0.25) is 0 Å². The number of nitrogen functional groups attached to an aromatic ring is 1. The van der Waals surface area contributed by atoms with Crippen molar-refractivity contribution < 1.29 is 13.5 Å². The smallest absolute Gasteiger partial charge is 0.387 e. The fraction of sp³-hybridized carbons (Fsp3) is 0.167. The second-order valence-electron chi connectivity index (χ2n) is 3.77. The summed E-state index contributed by atoms with van der Waals surface area (Å²) in [6, 6.07) is 7.77. The van der Waals surface area contributed by atoms with E-state index in [2.05, 4.69) is 20.1 Å². The summed E-state index contributed by atoms with van der Waals surface area (Å²) in [7, 11) is 0. The Morgan fingerprint density at radius 2 is 1.89 bits per heavy atom. The van der Waals surface area contributed by atoms with Crippen LogP contribution in [0, 0.1) is 6.92 Å². The van der Waals surface area contributed by atoms with Crippen molar-refractivity contribution in [3.63, 3.8) is 0 Å². The number of nitrogens with zero attached hydrogens (tertiary/aromatic N) is 2. The van der Waals surface area contributed by atoms with Gasteiger partial charge in [0.1, 0.15) is 11.6 Å². The van der Waals surface area contributed by atoms with Gasteiger partial charge < -0.3 is 10.2 Å². The molecular weight excluding hydrogens is 254 g/mol. The number of aryl methyl sites for hydroxylation is 1. The van der Waals surface area contributed by atoms with Crippen molar-refractivity contribution in [1.82, 2.24) is 9.97 Å². The number of hydrazine groups is 1. The van der Waals surface area contributed by atoms with Crippen molar-refractivity contribution in [2.45, 2.75) is 13.5 Å². The monoisotopic (exact) mass is 266 g/mol. The predicted octanol–water partition coefficient (Wildman–Crippen LogP) is 2.34. The average Bonchev–Trinajstić information content (AvgIpc) is 2.38. The molecule has 1 aromatic carbocycles. The third kappa shape index (κ3) is 3.35. The van der Waals surface area contributed by atoms with E-state index in [4.69, 9.17) is 5.84 Å². The lowest BCUT2D eigenvalue weighted by atomic mass is 10.2. The zero-order valence-corrected chi connectivity index (χ0v) is 10.1. The predicted molar refractivity (Wildman–Crippen MR) is 66.6 cm³/mol. The number of aromatic nitrogens is 2. The Hall–Kier alpha value is -2.28. The van der Waals surface area contributed by atoms with Crippen molar-refractivity contribution in [3.8, 4) is 17.1 Å². The number of halogens is 2. The molecular formula is C12H12F2N4O. The Morgan fingerprint density at radius 3 is 2.47 bits per heavy atom. The molecule has 0 fully saturated rings. The van der Waals surface area contributed by atoms with Crippen LogP contribution in [0.2, 0.25) is 0 Å². The third-order valence-electron chi connectivity index (χ3n) is 2.34. The minimum atomic E-state index is -2.84. The van der Waals surface area contributed by atoms with E-state index < -0.39 is 6.61 Å². The van der Waals surface area contributed by atoms with Crippen LogP contribution in [0.5, 0.6) is 5.75 Å². The molecule has 1 aromatic heterocycles. The van der Waals surface area contributed by atoms with E-state index >= 15 is 0 Å². The van der Waals surface area contributed by atoms with Gasteiger partial charge in [0.2, 0.25) is 0 Å². The van der Waals surface area contributed by atoms with Crippen LogP contribution in [0.15, 0.2) is 30.3 Å². The van der Waals surface area contributed by atoms with Crippen LogP contribution in [0.3, 0.4) is 0 Å². The van der Waals surface area contributed by atoms with Crippen molar-refractivity contribution in [2.75, 3.05) is 5.43 Å². The minimum absolute atomic E-state index is 0.0866. The lowest BCUT2D eigenvalue weighted by molar-refractivity contribution is -0.0498. The fourth-order valence-electron chi connectivity index (χ4n) is 1.56. The summed E-state index contributed by atoms with van der Waals surface area (Å²) in [4.78, 5) is 8.42. The maximum atomic E-state index is 12.0. The molecule has 0 amide bonds. The number of rotatable bonds is 4. The first-order chi connectivity index (χ1) is 9.08. The molecule has 0 aliphatic heterocycles. The number of alkyl halides is 2. The zero-order chi connectivity index (χ0) is 13.8. The van der Waals surface area contributed by atoms with E-state index in [1.165, 1.54) is 12.1 Å². The Bertz CT molecular complexity index is 560. The van der Waals surface area contributed by atoms with E-state index in [1.807, 2.05) is 0 Å². The highest BCUT2D eigenvalue weighted by atomic mass is 19.3. The first-order valence-corrected chi connectivity index (χ1v) is 5.46. The molecule has 0 aliphatic rings. The number of anilines is 1. The van der Waals surface area contributed by atoms with Gasteiger partial charge in [-0.2, -0.15) is 8.78 Å². The number of nitrogens with one attached hydrogen (secondary N) is 1. The molecule has 0 bridgehead atoms. The van der Waals surface area contributed by atoms with Gasteiger partial charge in [-0.25, -0.2) is 15.8 Å². The quantitative estimate of drug-likeness (QED) is 0.656. The summed E-state index contributed by atoms with van der Waals surface area (Å²) in [5, 5.41) is 0. The third-order valence-corrected chi connectivity index (χ3v) is 2.34. The lowest BCUT2D eigenvalue weighted by Crippen LogP contribution is -2.10. The first kappa shape index (κ1) is 13.2. The summed E-state index contributed by atoms with van der Waals surface area (Å²) in [6.07, 6.45) is 0. The molecule has 5 nitrogen and oxygen atoms in total. The molecule has 0 saturated carbocycles. The Labute approximate surface area is 108 Å². The van der Waals surface area contributed by atoms with Crippen LogP contribution >= 0.6 is 0 Å². The van der Waals surface area contributed by atoms with Gasteiger partial charge in [0.25, 0.3) is 0 Å². The van der Waals surface area contributed by atoms with Crippen LogP contribution in [0.25, 0.3) is 11.4 Å². The van der Waals surface area contributed by atoms with E-state index in [-0.39, 0.29) is 5.75 Å². The fourth-order valence-corrected chi connectivity index (χ4v) is 1.56. The van der Waals surface area contributed by atoms with Gasteiger partial charge in [0, 0.05) is 17.3 Å². The number of hydrogen-bond donors (Lipinski definition) is 2. The topological polar surface area (TPSA) is 73.1 Å². The minimum Gasteiger partial charge on any atom is -0.435 e. The summed E-state index contributed by atoms with van der Waals surface area (Å²) in [6.45, 7) is -1.03. The van der Waals surface area contributed by atoms with Gasteiger partial charge >= 0.3 is 6.61 Å². The van der Waals surface area contributed by atoms with E-state index in [1.54, 1.807) is 25.1 Å². The van der Waals surface area contributed by atoms with Crippen molar-refractivity contribution in [1.29, 1.82) is 0 Å². The van der Waals surface area contributed by atoms with Crippen molar-refractivity contribution >= 4 is 5.82 Å². The molecule has 0 unspecified atom stereocenters. The van der Waals surface area contributed by atoms with Crippen LogP contribution in [-0.4, -0.2) is 16.6 Å². The summed E-state index contributed by atoms with van der Waals surface area (Å²) >= 11 is 0. The van der Waals surface area contributed by atoms with Gasteiger partial charge in [0.15, 0.2) is 5.82 Å². The van der Waals surface area contributed by atoms with E-state index in [9.17, 15) is 8.78 Å². The van der Waals surface area contributed by atoms with Crippen LogP contribution in [0.1, 0.15) is 5.69 Å². The molecule has 0 radical (unpaired) electrons. The molecule has 2 aromatic rings. The van der Waals surface area contributed by atoms with Crippen LogP contribution in [-0.2, 0) is 0 Å². The molecule has 3 N–H and O–H groups in total. The molecule has 2 rings (SSSR count). The summed E-state index contributed by atoms with van der Waals surface area (Å²) < 4.78 is 28.3. The molecule has 1 heterocycles. The highest BCUT2D eigenvalue weighted by molar-refractivity contribution is 5.58. The lowest BCUT2D eigenvalue weighted by Gasteiger charge is -2.07. The highest BCUT2D eigenvalue weighted by Crippen LogP contribution is 2.21. The van der Waals surface area contributed by atoms with Crippen LogP contribution in [0.4, 0.5) is 14.6 Å². The Balaban J connectivity index is 2.29. The molecule has 19 heavy (non-hydrogen) atoms. The number of hydrogen-bond acceptors (Lipinski definition) is 5. The van der Waals surface area contributed by atoms with Gasteiger partial charge in [-0.05, 0) is 31.2 Å². The maximum Gasteiger partial charge on any atom is 0.387 e. The Kier molecular flexibility index (Phi) is 3.86. The second-order valence-corrected chi connectivity index (χ2v) is 3.77. The number of ether oxygens (including phenoxy) is 1. The maximum absolute atomic E-state index is 12.0. The normalized spacial score (nSPS) is 10.6. The molecule has 0 saturated heterocycles. The zero-order valence-electron chi connectivity index (χ0n) is 10.1. The summed E-state index contributed by atoms with van der Waals surface area (Å²) in [5.74, 6) is 6.32. The Morgan fingerprint density at radius 1 is 1.21 bits per heavy atom. The van der Waals surface area contributed by atoms with Crippen molar-refractivity contribution in [2.24, 2.45) is 5.84 Å². The highest BCUT2D eigenvalue weighted by Gasteiger charge is 2.07. The van der Waals surface area contributed by atoms with Gasteiger partial charge in [-0.1, -0.05) is 0 Å². The molecule has 7 heteroatoms. The molecule has 0 spiro atoms. The molecule has 0 aliphatic carbocycles. The molecule has 100 valence electrons. The van der Waals surface area contributed by atoms with Crippen molar-refractivity contribution in [3.05, 3.63) is 36.0 Å². The standard InChI is InChI=1S/C12H12F2N4O/c1-7-6-10(18-15)17-11(16-7)8-2-4-9(5-3-8)19-12(13)14/h2-6,12H,15H2,1H3,(H,16,17,18). The van der Waals surface area contributed by atoms with Gasteiger partial charge in [-0.15, -0.1) is 0 Å². The van der Waals surface area contributed by atoms with Crippen LogP contribution < -0.4 is 16.0 Å².